The lowest BCUT2D eigenvalue weighted by molar-refractivity contribution is 1.28. The van der Waals surface area contributed by atoms with Crippen molar-refractivity contribution in [2.75, 3.05) is 4.90 Å². The third-order valence-electron chi connectivity index (χ3n) is 11.3. The molecule has 0 aromatic heterocycles. The van der Waals surface area contributed by atoms with Crippen LogP contribution in [0.3, 0.4) is 0 Å². The van der Waals surface area contributed by atoms with Gasteiger partial charge in [0.05, 0.1) is 0 Å². The standard InChI is InChI=1S/C58H41N/c1-3-14-42(15-4-1)44-30-32-45(33-31-44)46-34-36-54(37-35-46)59(55-26-11-23-51(40-55)49-21-9-20-48(38-49)43-16-5-2-6-17-43)56-27-12-24-52(41-56)50-22-10-25-53(39-50)58-29-13-19-47-18-7-8-28-57(47)58/h1-41H. The molecule has 0 atom stereocenters. The molecule has 278 valence electrons. The minimum Gasteiger partial charge on any atom is -0.310 e. The third-order valence-corrected chi connectivity index (χ3v) is 11.3. The minimum absolute atomic E-state index is 1.09. The van der Waals surface area contributed by atoms with Crippen LogP contribution in [0.15, 0.2) is 249 Å². The molecule has 0 unspecified atom stereocenters. The van der Waals surface area contributed by atoms with Gasteiger partial charge in [-0.3, -0.25) is 0 Å². The first-order chi connectivity index (χ1) is 29.2. The number of anilines is 3. The summed E-state index contributed by atoms with van der Waals surface area (Å²) in [4.78, 5) is 2.38. The highest BCUT2D eigenvalue weighted by atomic mass is 15.1. The summed E-state index contributed by atoms with van der Waals surface area (Å²) in [5.74, 6) is 0. The van der Waals surface area contributed by atoms with Crippen molar-refractivity contribution in [1.82, 2.24) is 0 Å². The van der Waals surface area contributed by atoms with Crippen molar-refractivity contribution in [3.05, 3.63) is 249 Å². The van der Waals surface area contributed by atoms with Crippen molar-refractivity contribution < 1.29 is 0 Å². The van der Waals surface area contributed by atoms with Gasteiger partial charge in [0.15, 0.2) is 0 Å². The van der Waals surface area contributed by atoms with Crippen LogP contribution in [0.2, 0.25) is 0 Å². The molecule has 0 heterocycles. The summed E-state index contributed by atoms with van der Waals surface area (Å²) in [6.07, 6.45) is 0. The van der Waals surface area contributed by atoms with Gasteiger partial charge in [-0.2, -0.15) is 0 Å². The summed E-state index contributed by atoms with van der Waals surface area (Å²) in [5, 5.41) is 2.51. The van der Waals surface area contributed by atoms with E-state index in [9.17, 15) is 0 Å². The molecule has 0 radical (unpaired) electrons. The smallest absolute Gasteiger partial charge is 0.0467 e. The molecule has 1 heteroatoms. The maximum Gasteiger partial charge on any atom is 0.0467 e. The van der Waals surface area contributed by atoms with Crippen molar-refractivity contribution in [3.63, 3.8) is 0 Å². The van der Waals surface area contributed by atoms with E-state index in [1.54, 1.807) is 0 Å². The molecule has 0 N–H and O–H groups in total. The molecule has 10 rings (SSSR count). The second kappa shape index (κ2) is 16.0. The number of benzene rings is 10. The molecule has 10 aromatic carbocycles. The summed E-state index contributed by atoms with van der Waals surface area (Å²) in [6, 6.07) is 89.8. The Bertz CT molecular complexity index is 3010. The first-order valence-electron chi connectivity index (χ1n) is 20.2. The number of hydrogen-bond donors (Lipinski definition) is 0. The van der Waals surface area contributed by atoms with Gasteiger partial charge in [-0.15, -0.1) is 0 Å². The highest BCUT2D eigenvalue weighted by Crippen LogP contribution is 2.40. The summed E-state index contributed by atoms with van der Waals surface area (Å²) < 4.78 is 0. The summed E-state index contributed by atoms with van der Waals surface area (Å²) in [7, 11) is 0. The normalized spacial score (nSPS) is 11.1. The van der Waals surface area contributed by atoms with Gasteiger partial charge in [-0.25, -0.2) is 0 Å². The van der Waals surface area contributed by atoms with E-state index in [2.05, 4.69) is 254 Å². The Morgan fingerprint density at radius 3 is 1.14 bits per heavy atom. The SMILES string of the molecule is c1ccc(-c2ccc(-c3ccc(N(c4cccc(-c5cccc(-c6ccccc6)c5)c4)c4cccc(-c5cccc(-c6cccc7ccccc67)c5)c4)cc3)cc2)cc1. The lowest BCUT2D eigenvalue weighted by Crippen LogP contribution is -2.10. The van der Waals surface area contributed by atoms with Gasteiger partial charge >= 0.3 is 0 Å². The van der Waals surface area contributed by atoms with Crippen molar-refractivity contribution in [3.8, 4) is 66.8 Å². The molecule has 10 aromatic rings. The molecular weight excluding hydrogens is 711 g/mol. The van der Waals surface area contributed by atoms with Gasteiger partial charge in [0.25, 0.3) is 0 Å². The predicted octanol–water partition coefficient (Wildman–Crippen LogP) is 16.3. The van der Waals surface area contributed by atoms with Gasteiger partial charge in [-0.1, -0.05) is 200 Å². The van der Waals surface area contributed by atoms with Gasteiger partial charge in [0.2, 0.25) is 0 Å². The van der Waals surface area contributed by atoms with Crippen LogP contribution in [-0.2, 0) is 0 Å². The number of fused-ring (bicyclic) bond motifs is 1. The minimum atomic E-state index is 1.09. The quantitative estimate of drug-likeness (QED) is 0.142. The second-order valence-corrected chi connectivity index (χ2v) is 15.0. The Morgan fingerprint density at radius 1 is 0.203 bits per heavy atom. The second-order valence-electron chi connectivity index (χ2n) is 15.0. The zero-order chi connectivity index (χ0) is 39.4. The van der Waals surface area contributed by atoms with Crippen LogP contribution >= 0.6 is 0 Å². The van der Waals surface area contributed by atoms with E-state index in [0.717, 1.165) is 22.6 Å². The maximum atomic E-state index is 2.38. The molecule has 0 fully saturated rings. The fourth-order valence-corrected chi connectivity index (χ4v) is 8.24. The average molecular weight is 752 g/mol. The van der Waals surface area contributed by atoms with E-state index in [-0.39, 0.29) is 0 Å². The largest absolute Gasteiger partial charge is 0.310 e. The van der Waals surface area contributed by atoms with E-state index in [4.69, 9.17) is 0 Å². The average Bonchev–Trinajstić information content (AvgIpc) is 3.33. The third kappa shape index (κ3) is 7.46. The fraction of sp³-hybridized carbons (Fsp3) is 0. The number of hydrogen-bond acceptors (Lipinski definition) is 1. The Kier molecular flexibility index (Phi) is 9.68. The van der Waals surface area contributed by atoms with Gasteiger partial charge < -0.3 is 4.90 Å². The zero-order valence-corrected chi connectivity index (χ0v) is 32.6. The Balaban J connectivity index is 1.04. The molecular formula is C58H41N. The van der Waals surface area contributed by atoms with E-state index in [1.165, 1.54) is 72.0 Å². The van der Waals surface area contributed by atoms with Crippen molar-refractivity contribution in [2.45, 2.75) is 0 Å². The number of nitrogens with zero attached hydrogens (tertiary/aromatic N) is 1. The molecule has 0 aliphatic carbocycles. The highest BCUT2D eigenvalue weighted by molar-refractivity contribution is 5.97. The van der Waals surface area contributed by atoms with Crippen molar-refractivity contribution in [2.24, 2.45) is 0 Å². The Hall–Kier alpha value is -7.74. The molecule has 0 spiro atoms. The topological polar surface area (TPSA) is 3.24 Å². The molecule has 0 bridgehead atoms. The highest BCUT2D eigenvalue weighted by Gasteiger charge is 2.16. The van der Waals surface area contributed by atoms with E-state index in [1.807, 2.05) is 0 Å². The van der Waals surface area contributed by atoms with Crippen LogP contribution in [0.5, 0.6) is 0 Å². The van der Waals surface area contributed by atoms with Crippen LogP contribution in [0.1, 0.15) is 0 Å². The zero-order valence-electron chi connectivity index (χ0n) is 32.6. The molecule has 1 nitrogen and oxygen atoms in total. The van der Waals surface area contributed by atoms with Crippen LogP contribution < -0.4 is 4.90 Å². The maximum absolute atomic E-state index is 2.38. The molecule has 0 aliphatic heterocycles. The van der Waals surface area contributed by atoms with Crippen LogP contribution in [0.4, 0.5) is 17.1 Å². The molecule has 0 saturated carbocycles. The van der Waals surface area contributed by atoms with Gasteiger partial charge in [-0.05, 0) is 126 Å². The Morgan fingerprint density at radius 2 is 0.559 bits per heavy atom. The van der Waals surface area contributed by atoms with Crippen LogP contribution in [0, 0.1) is 0 Å². The Labute approximate surface area is 346 Å². The van der Waals surface area contributed by atoms with Crippen molar-refractivity contribution in [1.29, 1.82) is 0 Å². The first-order valence-corrected chi connectivity index (χ1v) is 20.2. The van der Waals surface area contributed by atoms with E-state index < -0.39 is 0 Å². The number of rotatable bonds is 9. The van der Waals surface area contributed by atoms with E-state index >= 15 is 0 Å². The molecule has 0 saturated heterocycles. The van der Waals surface area contributed by atoms with Gasteiger partial charge in [0.1, 0.15) is 0 Å². The van der Waals surface area contributed by atoms with Crippen LogP contribution in [0.25, 0.3) is 77.5 Å². The predicted molar refractivity (Wildman–Crippen MR) is 251 cm³/mol. The monoisotopic (exact) mass is 751 g/mol. The lowest BCUT2D eigenvalue weighted by Gasteiger charge is -2.27. The summed E-state index contributed by atoms with van der Waals surface area (Å²) in [5.41, 5.74) is 17.6. The van der Waals surface area contributed by atoms with Crippen molar-refractivity contribution >= 4 is 27.8 Å². The van der Waals surface area contributed by atoms with E-state index in [0.29, 0.717) is 0 Å². The molecule has 59 heavy (non-hydrogen) atoms. The molecule has 0 amide bonds. The summed E-state index contributed by atoms with van der Waals surface area (Å²) >= 11 is 0. The first kappa shape index (κ1) is 35.7. The summed E-state index contributed by atoms with van der Waals surface area (Å²) in [6.45, 7) is 0. The molecule has 0 aliphatic rings. The fourth-order valence-electron chi connectivity index (χ4n) is 8.24. The van der Waals surface area contributed by atoms with Crippen LogP contribution in [-0.4, -0.2) is 0 Å². The van der Waals surface area contributed by atoms with Gasteiger partial charge in [0, 0.05) is 17.1 Å². The lowest BCUT2D eigenvalue weighted by atomic mass is 9.95.